The third-order valence-corrected chi connectivity index (χ3v) is 10.1. The number of hydrogen-bond acceptors (Lipinski definition) is 7. The fraction of sp³-hybridized carbons (Fsp3) is 0.231. The lowest BCUT2D eigenvalue weighted by Crippen LogP contribution is -2.27. The summed E-state index contributed by atoms with van der Waals surface area (Å²) < 4.78 is 29.9. The van der Waals surface area contributed by atoms with Crippen molar-refractivity contribution in [3.05, 3.63) is 128 Å². The Morgan fingerprint density at radius 1 is 1.08 bits per heavy atom. The van der Waals surface area contributed by atoms with Crippen LogP contribution < -0.4 is 14.8 Å². The Balaban J connectivity index is 1.14. The molecule has 0 bridgehead atoms. The van der Waals surface area contributed by atoms with Gasteiger partial charge < -0.3 is 24.3 Å². The van der Waals surface area contributed by atoms with Gasteiger partial charge in [0.15, 0.2) is 23.6 Å². The van der Waals surface area contributed by atoms with Crippen LogP contribution in [0.2, 0.25) is 10.0 Å². The maximum atomic E-state index is 16.0. The van der Waals surface area contributed by atoms with Crippen molar-refractivity contribution in [3.8, 4) is 28.7 Å². The second-order valence-electron chi connectivity index (χ2n) is 12.7. The standard InChI is InChI=1S/C39H32Cl2FN5O4/c1-46-15-14-32-31(19-46)44-38(47(32)2)39(49)45-30-11-5-10-28(34(30)41)25-8-4-9-27-26(25)12-13-33(27)51-37-29(40)17-24(20-48)36(35(37)42)50-21-23-7-3-6-22(16-23)18-43/h3-11,16-17,20,33H,12-15,19,21H2,1-2H3,(H,45,49). The molecule has 0 spiro atoms. The van der Waals surface area contributed by atoms with E-state index in [1.165, 1.54) is 6.07 Å². The molecule has 1 aliphatic carbocycles. The number of carbonyl (C=O) groups excluding carboxylic acids is 2. The van der Waals surface area contributed by atoms with Crippen molar-refractivity contribution in [2.75, 3.05) is 18.9 Å². The number of nitriles is 1. The summed E-state index contributed by atoms with van der Waals surface area (Å²) in [4.78, 5) is 32.1. The molecular weight excluding hydrogens is 692 g/mol. The maximum Gasteiger partial charge on any atom is 0.291 e. The molecule has 1 atom stereocenters. The first-order chi connectivity index (χ1) is 24.7. The average Bonchev–Trinajstić information content (AvgIpc) is 3.70. The van der Waals surface area contributed by atoms with Crippen LogP contribution in [0.5, 0.6) is 11.5 Å². The highest BCUT2D eigenvalue weighted by Gasteiger charge is 2.31. The van der Waals surface area contributed by atoms with E-state index in [0.717, 1.165) is 46.6 Å². The first-order valence-corrected chi connectivity index (χ1v) is 17.1. The van der Waals surface area contributed by atoms with Gasteiger partial charge in [-0.15, -0.1) is 0 Å². The number of aldehydes is 1. The lowest BCUT2D eigenvalue weighted by atomic mass is 9.96. The van der Waals surface area contributed by atoms with Crippen molar-refractivity contribution >= 4 is 41.1 Å². The predicted octanol–water partition coefficient (Wildman–Crippen LogP) is 8.10. The molecular formula is C39H32Cl2FN5O4. The third-order valence-electron chi connectivity index (χ3n) is 9.39. The number of ether oxygens (including phenoxy) is 2. The summed E-state index contributed by atoms with van der Waals surface area (Å²) in [6.45, 7) is 1.51. The molecule has 2 heterocycles. The molecule has 9 nitrogen and oxygen atoms in total. The van der Waals surface area contributed by atoms with Crippen LogP contribution in [0.1, 0.15) is 67.1 Å². The van der Waals surface area contributed by atoms with Gasteiger partial charge in [-0.25, -0.2) is 4.98 Å². The molecule has 1 amide bonds. The topological polar surface area (TPSA) is 109 Å². The summed E-state index contributed by atoms with van der Waals surface area (Å²) in [6.07, 6.45) is 1.88. The molecule has 7 rings (SSSR count). The molecule has 5 aromatic rings. The number of aromatic nitrogens is 2. The molecule has 12 heteroatoms. The minimum Gasteiger partial charge on any atom is -0.485 e. The van der Waals surface area contributed by atoms with Gasteiger partial charge in [-0.2, -0.15) is 9.65 Å². The van der Waals surface area contributed by atoms with Crippen LogP contribution in [0.15, 0.2) is 66.7 Å². The second kappa shape index (κ2) is 14.2. The van der Waals surface area contributed by atoms with Gasteiger partial charge in [-0.3, -0.25) is 9.59 Å². The lowest BCUT2D eigenvalue weighted by molar-refractivity contribution is 0.101. The number of likely N-dealkylation sites (N-methyl/N-ethyl adjacent to an activating group) is 1. The molecule has 51 heavy (non-hydrogen) atoms. The maximum absolute atomic E-state index is 16.0. The summed E-state index contributed by atoms with van der Waals surface area (Å²) in [5.74, 6) is -1.43. The first kappa shape index (κ1) is 34.2. The van der Waals surface area contributed by atoms with Crippen molar-refractivity contribution in [1.29, 1.82) is 5.26 Å². The number of rotatable bonds is 9. The van der Waals surface area contributed by atoms with E-state index >= 15 is 4.39 Å². The lowest BCUT2D eigenvalue weighted by Gasteiger charge is -2.21. The van der Waals surface area contributed by atoms with Gasteiger partial charge in [0, 0.05) is 37.8 Å². The number of benzene rings is 4. The van der Waals surface area contributed by atoms with Crippen LogP contribution in [0.3, 0.4) is 0 Å². The molecule has 0 saturated heterocycles. The zero-order valence-electron chi connectivity index (χ0n) is 27.8. The summed E-state index contributed by atoms with van der Waals surface area (Å²) in [5.41, 5.74) is 6.82. The second-order valence-corrected chi connectivity index (χ2v) is 13.4. The SMILES string of the molecule is CN1CCc2c(nc(C(=O)Nc3cccc(-c4cccc5c4CCC5Oc4c(Cl)cc(C=O)c(OCc5cccc(C#N)c5)c4F)c3Cl)n2C)C1. The molecule has 4 aromatic carbocycles. The van der Waals surface area contributed by atoms with Crippen molar-refractivity contribution in [1.82, 2.24) is 14.5 Å². The van der Waals surface area contributed by atoms with Crippen molar-refractivity contribution in [3.63, 3.8) is 0 Å². The molecule has 0 radical (unpaired) electrons. The van der Waals surface area contributed by atoms with Gasteiger partial charge in [-0.1, -0.05) is 65.7 Å². The van der Waals surface area contributed by atoms with Gasteiger partial charge in [0.1, 0.15) is 12.7 Å². The van der Waals surface area contributed by atoms with E-state index in [4.69, 9.17) is 32.7 Å². The molecule has 0 fully saturated rings. The highest BCUT2D eigenvalue weighted by atomic mass is 35.5. The fourth-order valence-electron chi connectivity index (χ4n) is 6.84. The summed E-state index contributed by atoms with van der Waals surface area (Å²) in [5, 5.41) is 12.5. The number of amides is 1. The van der Waals surface area contributed by atoms with Crippen LogP contribution in [-0.4, -0.2) is 40.2 Å². The first-order valence-electron chi connectivity index (χ1n) is 16.4. The highest BCUT2D eigenvalue weighted by molar-refractivity contribution is 6.36. The minimum absolute atomic E-state index is 0.0628. The Kier molecular flexibility index (Phi) is 9.53. The molecule has 1 aliphatic heterocycles. The Morgan fingerprint density at radius 3 is 2.67 bits per heavy atom. The van der Waals surface area contributed by atoms with Crippen LogP contribution in [0, 0.1) is 17.1 Å². The number of fused-ring (bicyclic) bond motifs is 2. The number of carbonyl (C=O) groups is 2. The van der Waals surface area contributed by atoms with E-state index in [9.17, 15) is 14.9 Å². The van der Waals surface area contributed by atoms with Crippen molar-refractivity contribution < 1.29 is 23.5 Å². The number of imidazole rings is 1. The molecule has 1 unspecified atom stereocenters. The molecule has 1 aromatic heterocycles. The van der Waals surface area contributed by atoms with Crippen molar-refractivity contribution in [2.24, 2.45) is 7.05 Å². The van der Waals surface area contributed by atoms with E-state index in [0.29, 0.717) is 53.3 Å². The highest BCUT2D eigenvalue weighted by Crippen LogP contribution is 2.46. The van der Waals surface area contributed by atoms with Crippen LogP contribution in [-0.2, 0) is 33.0 Å². The van der Waals surface area contributed by atoms with Crippen molar-refractivity contribution in [2.45, 2.75) is 38.5 Å². The average molecular weight is 725 g/mol. The normalized spacial score (nSPS) is 15.1. The van der Waals surface area contributed by atoms with Gasteiger partial charge in [-0.05, 0) is 66.4 Å². The number of anilines is 1. The Morgan fingerprint density at radius 2 is 1.86 bits per heavy atom. The number of hydrogen-bond donors (Lipinski definition) is 1. The zero-order chi connectivity index (χ0) is 35.8. The largest absolute Gasteiger partial charge is 0.485 e. The van der Waals surface area contributed by atoms with E-state index < -0.39 is 11.9 Å². The molecule has 0 saturated carbocycles. The summed E-state index contributed by atoms with van der Waals surface area (Å²) in [7, 11) is 3.89. The van der Waals surface area contributed by atoms with Crippen LogP contribution in [0.25, 0.3) is 11.1 Å². The Bertz CT molecular complexity index is 2250. The summed E-state index contributed by atoms with van der Waals surface area (Å²) in [6, 6.07) is 21.3. The van der Waals surface area contributed by atoms with Crippen LogP contribution >= 0.6 is 23.2 Å². The Labute approximate surface area is 304 Å². The van der Waals surface area contributed by atoms with Gasteiger partial charge in [0.25, 0.3) is 5.91 Å². The van der Waals surface area contributed by atoms with Gasteiger partial charge in [0.05, 0.1) is 38.6 Å². The Hall–Kier alpha value is -5.21. The van der Waals surface area contributed by atoms with E-state index in [1.54, 1.807) is 30.3 Å². The third kappa shape index (κ3) is 6.56. The molecule has 1 N–H and O–H groups in total. The molecule has 2 aliphatic rings. The number of halogens is 3. The van der Waals surface area contributed by atoms with E-state index in [2.05, 4.69) is 21.3 Å². The molecule has 258 valence electrons. The van der Waals surface area contributed by atoms with E-state index in [-0.39, 0.29) is 34.6 Å². The minimum atomic E-state index is -0.891. The predicted molar refractivity (Wildman–Crippen MR) is 192 cm³/mol. The quantitative estimate of drug-likeness (QED) is 0.153. The monoisotopic (exact) mass is 723 g/mol. The van der Waals surface area contributed by atoms with Gasteiger partial charge in [0.2, 0.25) is 5.82 Å². The number of nitrogens with one attached hydrogen (secondary N) is 1. The van der Waals surface area contributed by atoms with E-state index in [1.807, 2.05) is 49.0 Å². The fourth-order valence-corrected chi connectivity index (χ4v) is 7.36. The van der Waals surface area contributed by atoms with Crippen LogP contribution in [0.4, 0.5) is 10.1 Å². The van der Waals surface area contributed by atoms with Gasteiger partial charge >= 0.3 is 0 Å². The zero-order valence-corrected chi connectivity index (χ0v) is 29.3. The number of nitrogens with zero attached hydrogens (tertiary/aromatic N) is 4. The summed E-state index contributed by atoms with van der Waals surface area (Å²) >= 11 is 13.4. The smallest absolute Gasteiger partial charge is 0.291 e.